The van der Waals surface area contributed by atoms with Gasteiger partial charge in [0.25, 0.3) is 5.91 Å². The van der Waals surface area contributed by atoms with Crippen molar-refractivity contribution in [2.45, 2.75) is 31.6 Å². The first-order valence-corrected chi connectivity index (χ1v) is 9.65. The Bertz CT molecular complexity index is 759. The maximum Gasteiger partial charge on any atom is 0.319 e. The highest BCUT2D eigenvalue weighted by Crippen LogP contribution is 2.33. The van der Waals surface area contributed by atoms with Crippen LogP contribution in [0, 0.1) is 12.8 Å². The van der Waals surface area contributed by atoms with Crippen molar-refractivity contribution in [3.8, 4) is 0 Å². The van der Waals surface area contributed by atoms with E-state index in [9.17, 15) is 9.59 Å². The zero-order chi connectivity index (χ0) is 18.4. The van der Waals surface area contributed by atoms with Gasteiger partial charge in [-0.25, -0.2) is 4.79 Å². The number of carbonyl (C=O) groups excluding carboxylic acids is 2. The minimum absolute atomic E-state index is 0.266. The third kappa shape index (κ3) is 5.75. The molecular weight excluding hydrogens is 356 g/mol. The monoisotopic (exact) mass is 378 g/mol. The molecule has 0 spiro atoms. The number of nitrogens with two attached hydrogens (primary N) is 1. The van der Waals surface area contributed by atoms with Gasteiger partial charge in [0, 0.05) is 12.3 Å². The minimum atomic E-state index is -0.598. The second kappa shape index (κ2) is 8.87. The van der Waals surface area contributed by atoms with Crippen LogP contribution in [0.25, 0.3) is 0 Å². The van der Waals surface area contributed by atoms with E-state index in [0.717, 1.165) is 17.1 Å². The molecular formula is C17H22N4O2S2. The van der Waals surface area contributed by atoms with Gasteiger partial charge in [-0.05, 0) is 29.9 Å². The lowest BCUT2D eigenvalue weighted by Crippen LogP contribution is -2.32. The number of amides is 3. The summed E-state index contributed by atoms with van der Waals surface area (Å²) in [7, 11) is 0. The van der Waals surface area contributed by atoms with Gasteiger partial charge in [-0.2, -0.15) is 4.37 Å². The molecule has 0 aliphatic carbocycles. The fourth-order valence-electron chi connectivity index (χ4n) is 2.07. The lowest BCUT2D eigenvalue weighted by Gasteiger charge is -2.09. The molecule has 0 saturated heterocycles. The molecule has 0 saturated carbocycles. The lowest BCUT2D eigenvalue weighted by atomic mass is 10.2. The summed E-state index contributed by atoms with van der Waals surface area (Å²) in [4.78, 5) is 23.7. The lowest BCUT2D eigenvalue weighted by molar-refractivity contribution is 0.0998. The van der Waals surface area contributed by atoms with Crippen LogP contribution in [-0.4, -0.2) is 22.9 Å². The normalized spacial score (nSPS) is 10.7. The van der Waals surface area contributed by atoms with Crippen molar-refractivity contribution in [1.29, 1.82) is 0 Å². The number of carbonyl (C=O) groups is 2. The van der Waals surface area contributed by atoms with Gasteiger partial charge in [0.1, 0.15) is 15.6 Å². The van der Waals surface area contributed by atoms with E-state index >= 15 is 0 Å². The Labute approximate surface area is 155 Å². The van der Waals surface area contributed by atoms with Crippen LogP contribution in [0.4, 0.5) is 9.80 Å². The Morgan fingerprint density at radius 2 is 2.12 bits per heavy atom. The number of nitrogens with zero attached hydrogens (tertiary/aromatic N) is 1. The number of hydrogen-bond acceptors (Lipinski definition) is 5. The van der Waals surface area contributed by atoms with Crippen LogP contribution in [-0.2, 0) is 5.75 Å². The van der Waals surface area contributed by atoms with Crippen molar-refractivity contribution in [2.24, 2.45) is 11.7 Å². The molecule has 0 aliphatic rings. The summed E-state index contributed by atoms with van der Waals surface area (Å²) in [6.45, 7) is 6.58. The molecule has 0 aliphatic heterocycles. The number of hydrogen-bond donors (Lipinski definition) is 3. The quantitative estimate of drug-likeness (QED) is 0.641. The first kappa shape index (κ1) is 19.3. The fourth-order valence-corrected chi connectivity index (χ4v) is 3.98. The third-order valence-electron chi connectivity index (χ3n) is 3.26. The Kier molecular flexibility index (Phi) is 6.83. The molecule has 25 heavy (non-hydrogen) atoms. The van der Waals surface area contributed by atoms with Gasteiger partial charge in [-0.1, -0.05) is 55.4 Å². The molecule has 134 valence electrons. The molecule has 6 nitrogen and oxygen atoms in total. The highest BCUT2D eigenvalue weighted by atomic mass is 32.2. The van der Waals surface area contributed by atoms with Crippen molar-refractivity contribution >= 4 is 40.2 Å². The highest BCUT2D eigenvalue weighted by Gasteiger charge is 2.21. The fraction of sp³-hybridized carbons (Fsp3) is 0.353. The third-order valence-corrected chi connectivity index (χ3v) is 5.19. The van der Waals surface area contributed by atoms with Crippen LogP contribution >= 0.6 is 23.3 Å². The van der Waals surface area contributed by atoms with Crippen molar-refractivity contribution in [3.63, 3.8) is 0 Å². The summed E-state index contributed by atoms with van der Waals surface area (Å²) >= 11 is 2.49. The van der Waals surface area contributed by atoms with Crippen LogP contribution < -0.4 is 16.4 Å². The molecule has 0 atom stereocenters. The first-order valence-electron chi connectivity index (χ1n) is 7.89. The van der Waals surface area contributed by atoms with E-state index in [0.29, 0.717) is 28.2 Å². The van der Waals surface area contributed by atoms with Gasteiger partial charge >= 0.3 is 6.03 Å². The van der Waals surface area contributed by atoms with Gasteiger partial charge in [-0.3, -0.25) is 10.1 Å². The van der Waals surface area contributed by atoms with Gasteiger partial charge < -0.3 is 11.1 Å². The number of urea groups is 1. The molecule has 1 aromatic carbocycles. The standard InChI is InChI=1S/C17H22N4O2S2/c1-10(2)8-19-17(23)20-15-13(14(18)22)16(21-25-15)24-9-12-6-4-5-11(3)7-12/h4-7,10H,8-9H2,1-3H3,(H2,18,22)(H2,19,20,23). The Morgan fingerprint density at radius 1 is 1.36 bits per heavy atom. The molecule has 1 heterocycles. The summed E-state index contributed by atoms with van der Waals surface area (Å²) in [6, 6.07) is 7.77. The van der Waals surface area contributed by atoms with Crippen molar-refractivity contribution in [1.82, 2.24) is 9.69 Å². The van der Waals surface area contributed by atoms with Gasteiger partial charge in [0.15, 0.2) is 0 Å². The minimum Gasteiger partial charge on any atom is -0.365 e. The zero-order valence-corrected chi connectivity index (χ0v) is 16.1. The van der Waals surface area contributed by atoms with Gasteiger partial charge in [0.05, 0.1) is 0 Å². The average Bonchev–Trinajstić information content (AvgIpc) is 2.94. The summed E-state index contributed by atoms with van der Waals surface area (Å²) in [6.07, 6.45) is 0. The Hall–Kier alpha value is -2.06. The number of nitrogens with one attached hydrogen (secondary N) is 2. The van der Waals surface area contributed by atoms with Crippen molar-refractivity contribution in [3.05, 3.63) is 41.0 Å². The second-order valence-electron chi connectivity index (χ2n) is 6.06. The van der Waals surface area contributed by atoms with Crippen LogP contribution in [0.2, 0.25) is 0 Å². The molecule has 2 rings (SSSR count). The molecule has 0 fully saturated rings. The van der Waals surface area contributed by atoms with E-state index in [1.54, 1.807) is 0 Å². The number of primary amides is 1. The Balaban J connectivity index is 2.08. The summed E-state index contributed by atoms with van der Waals surface area (Å²) in [5.41, 5.74) is 8.07. The van der Waals surface area contributed by atoms with Gasteiger partial charge in [0.2, 0.25) is 0 Å². The number of thioether (sulfide) groups is 1. The van der Waals surface area contributed by atoms with E-state index in [1.807, 2.05) is 39.0 Å². The first-order chi connectivity index (χ1) is 11.9. The maximum atomic E-state index is 11.9. The number of aromatic nitrogens is 1. The molecule has 0 radical (unpaired) electrons. The topological polar surface area (TPSA) is 97.1 Å². The highest BCUT2D eigenvalue weighted by molar-refractivity contribution is 7.98. The summed E-state index contributed by atoms with van der Waals surface area (Å²) < 4.78 is 4.28. The molecule has 0 unspecified atom stereocenters. The predicted octanol–water partition coefficient (Wildman–Crippen LogP) is 3.62. The maximum absolute atomic E-state index is 11.9. The molecule has 3 amide bonds. The second-order valence-corrected chi connectivity index (χ2v) is 7.80. The van der Waals surface area contributed by atoms with Gasteiger partial charge in [-0.15, -0.1) is 0 Å². The predicted molar refractivity (Wildman–Crippen MR) is 103 cm³/mol. The number of anilines is 1. The summed E-state index contributed by atoms with van der Waals surface area (Å²) in [5, 5.41) is 6.32. The zero-order valence-electron chi connectivity index (χ0n) is 14.5. The largest absolute Gasteiger partial charge is 0.365 e. The van der Waals surface area contributed by atoms with Crippen LogP contribution in [0.15, 0.2) is 29.3 Å². The van der Waals surface area contributed by atoms with Crippen molar-refractivity contribution < 1.29 is 9.59 Å². The van der Waals surface area contributed by atoms with E-state index in [2.05, 4.69) is 21.1 Å². The van der Waals surface area contributed by atoms with E-state index in [4.69, 9.17) is 5.73 Å². The van der Waals surface area contributed by atoms with E-state index < -0.39 is 5.91 Å². The molecule has 1 aromatic heterocycles. The SMILES string of the molecule is Cc1cccc(CSc2nsc(NC(=O)NCC(C)C)c2C(N)=O)c1. The average molecular weight is 379 g/mol. The smallest absolute Gasteiger partial charge is 0.319 e. The van der Waals surface area contributed by atoms with Crippen LogP contribution in [0.1, 0.15) is 35.3 Å². The molecule has 4 N–H and O–H groups in total. The number of aryl methyl sites for hydroxylation is 1. The van der Waals surface area contributed by atoms with Crippen molar-refractivity contribution in [2.75, 3.05) is 11.9 Å². The summed E-state index contributed by atoms with van der Waals surface area (Å²) in [5.74, 6) is 0.410. The molecule has 0 bridgehead atoms. The molecule has 8 heteroatoms. The van der Waals surface area contributed by atoms with Crippen LogP contribution in [0.5, 0.6) is 0 Å². The number of rotatable bonds is 7. The number of benzene rings is 1. The van der Waals surface area contributed by atoms with E-state index in [-0.39, 0.29) is 11.6 Å². The van der Waals surface area contributed by atoms with E-state index in [1.165, 1.54) is 17.3 Å². The Morgan fingerprint density at radius 3 is 2.76 bits per heavy atom. The van der Waals surface area contributed by atoms with Crippen LogP contribution in [0.3, 0.4) is 0 Å². The molecule has 2 aromatic rings.